The molecule has 21 heavy (non-hydrogen) atoms. The second-order valence-electron chi connectivity index (χ2n) is 5.25. The maximum atomic E-state index is 11.1. The summed E-state index contributed by atoms with van der Waals surface area (Å²) < 4.78 is 0.913. The maximum absolute atomic E-state index is 11.1. The summed E-state index contributed by atoms with van der Waals surface area (Å²) in [4.78, 5) is 22.0. The third kappa shape index (κ3) is 4.30. The van der Waals surface area contributed by atoms with Crippen molar-refractivity contribution in [3.05, 3.63) is 10.8 Å². The van der Waals surface area contributed by atoms with Gasteiger partial charge < -0.3 is 15.5 Å². The number of hydrogen-bond acceptors (Lipinski definition) is 5. The molecule has 0 unspecified atom stereocenters. The number of carbonyl (C=O) groups excluding carboxylic acids is 1. The molecule has 1 aliphatic rings. The van der Waals surface area contributed by atoms with Gasteiger partial charge in [0.15, 0.2) is 0 Å². The van der Waals surface area contributed by atoms with Gasteiger partial charge in [-0.25, -0.2) is 9.97 Å². The summed E-state index contributed by atoms with van der Waals surface area (Å²) in [5.41, 5.74) is 0. The Morgan fingerprint density at radius 3 is 2.76 bits per heavy atom. The Bertz CT molecular complexity index is 488. The first kappa shape index (κ1) is 16.0. The van der Waals surface area contributed by atoms with Gasteiger partial charge in [-0.05, 0) is 35.2 Å². The summed E-state index contributed by atoms with van der Waals surface area (Å²) in [5, 5.41) is 6.28. The number of halogens is 1. The van der Waals surface area contributed by atoms with E-state index in [1.807, 2.05) is 0 Å². The lowest BCUT2D eigenvalue weighted by Gasteiger charge is -2.33. The van der Waals surface area contributed by atoms with Crippen molar-refractivity contribution >= 4 is 33.5 Å². The Morgan fingerprint density at radius 1 is 1.43 bits per heavy atom. The highest BCUT2D eigenvalue weighted by molar-refractivity contribution is 9.10. The van der Waals surface area contributed by atoms with E-state index >= 15 is 0 Å². The molecule has 1 aromatic rings. The normalized spacial score (nSPS) is 15.9. The fraction of sp³-hybridized carbons (Fsp3) is 0.643. The van der Waals surface area contributed by atoms with Crippen LogP contribution in [0.25, 0.3) is 0 Å². The smallest absolute Gasteiger partial charge is 0.217 e. The number of hydrogen-bond donors (Lipinski definition) is 2. The van der Waals surface area contributed by atoms with Crippen molar-refractivity contribution in [2.45, 2.75) is 39.2 Å². The summed E-state index contributed by atoms with van der Waals surface area (Å²) in [6.07, 6.45) is 4.52. The van der Waals surface area contributed by atoms with Gasteiger partial charge in [-0.15, -0.1) is 0 Å². The molecule has 1 aliphatic heterocycles. The minimum absolute atomic E-state index is 0.0442. The predicted molar refractivity (Wildman–Crippen MR) is 87.6 cm³/mol. The quantitative estimate of drug-likeness (QED) is 0.846. The van der Waals surface area contributed by atoms with Crippen LogP contribution in [0.4, 0.5) is 11.6 Å². The summed E-state index contributed by atoms with van der Waals surface area (Å²) in [6, 6.07) is 0.275. The molecule has 1 saturated heterocycles. The molecule has 6 nitrogen and oxygen atoms in total. The number of carbonyl (C=O) groups is 1. The number of piperidine rings is 1. The van der Waals surface area contributed by atoms with E-state index in [1.54, 1.807) is 13.3 Å². The van der Waals surface area contributed by atoms with Gasteiger partial charge in [-0.2, -0.15) is 0 Å². The van der Waals surface area contributed by atoms with Crippen LogP contribution in [0.5, 0.6) is 0 Å². The van der Waals surface area contributed by atoms with E-state index in [-0.39, 0.29) is 11.9 Å². The van der Waals surface area contributed by atoms with Crippen LogP contribution in [-0.2, 0) is 4.79 Å². The summed E-state index contributed by atoms with van der Waals surface area (Å²) in [7, 11) is 0. The number of nitrogens with zero attached hydrogens (tertiary/aromatic N) is 3. The van der Waals surface area contributed by atoms with Crippen LogP contribution >= 0.6 is 15.9 Å². The summed E-state index contributed by atoms with van der Waals surface area (Å²) in [6.45, 7) is 6.34. The molecule has 0 aliphatic carbocycles. The van der Waals surface area contributed by atoms with E-state index in [4.69, 9.17) is 0 Å². The van der Waals surface area contributed by atoms with Crippen LogP contribution in [-0.4, -0.2) is 41.6 Å². The monoisotopic (exact) mass is 355 g/mol. The largest absolute Gasteiger partial charge is 0.369 e. The highest BCUT2D eigenvalue weighted by Gasteiger charge is 2.23. The number of rotatable bonds is 5. The second kappa shape index (κ2) is 7.59. The molecule has 116 valence electrons. The van der Waals surface area contributed by atoms with E-state index in [2.05, 4.69) is 48.4 Å². The number of anilines is 2. The molecule has 0 atom stereocenters. The van der Waals surface area contributed by atoms with Crippen molar-refractivity contribution in [2.75, 3.05) is 29.9 Å². The lowest BCUT2D eigenvalue weighted by molar-refractivity contribution is -0.119. The minimum atomic E-state index is 0.0442. The van der Waals surface area contributed by atoms with Gasteiger partial charge in [0.25, 0.3) is 0 Å². The first-order valence-electron chi connectivity index (χ1n) is 7.38. The molecule has 2 rings (SSSR count). The molecule has 0 spiro atoms. The molecular weight excluding hydrogens is 334 g/mol. The number of amides is 1. The maximum Gasteiger partial charge on any atom is 0.217 e. The fourth-order valence-corrected chi connectivity index (χ4v) is 3.07. The van der Waals surface area contributed by atoms with Crippen molar-refractivity contribution in [1.29, 1.82) is 0 Å². The topological polar surface area (TPSA) is 70.2 Å². The Balaban J connectivity index is 2.01. The Labute approximate surface area is 133 Å². The van der Waals surface area contributed by atoms with Crippen LogP contribution in [0.2, 0.25) is 0 Å². The van der Waals surface area contributed by atoms with E-state index < -0.39 is 0 Å². The van der Waals surface area contributed by atoms with Crippen LogP contribution < -0.4 is 15.5 Å². The molecule has 0 radical (unpaired) electrons. The molecule has 1 aromatic heterocycles. The minimum Gasteiger partial charge on any atom is -0.369 e. The first-order valence-corrected chi connectivity index (χ1v) is 8.17. The number of nitrogens with one attached hydrogen (secondary N) is 2. The van der Waals surface area contributed by atoms with Crippen molar-refractivity contribution in [1.82, 2.24) is 15.3 Å². The van der Waals surface area contributed by atoms with Crippen molar-refractivity contribution in [2.24, 2.45) is 0 Å². The fourth-order valence-electron chi connectivity index (χ4n) is 2.47. The zero-order chi connectivity index (χ0) is 15.2. The SMILES string of the molecule is CCCNc1ncnc(N2CCC(NC(C)=O)CC2)c1Br. The molecule has 2 heterocycles. The Morgan fingerprint density at radius 2 is 2.14 bits per heavy atom. The third-order valence-electron chi connectivity index (χ3n) is 3.52. The van der Waals surface area contributed by atoms with Crippen LogP contribution in [0.3, 0.4) is 0 Å². The summed E-state index contributed by atoms with van der Waals surface area (Å²) in [5.74, 6) is 1.80. The van der Waals surface area contributed by atoms with Crippen molar-refractivity contribution < 1.29 is 4.79 Å². The first-order chi connectivity index (χ1) is 10.1. The molecule has 1 fully saturated rings. The van der Waals surface area contributed by atoms with E-state index in [1.165, 1.54) is 0 Å². The average Bonchev–Trinajstić information content (AvgIpc) is 2.47. The van der Waals surface area contributed by atoms with E-state index in [0.717, 1.165) is 55.0 Å². The van der Waals surface area contributed by atoms with Crippen molar-refractivity contribution in [3.8, 4) is 0 Å². The molecule has 7 heteroatoms. The second-order valence-corrected chi connectivity index (χ2v) is 6.04. The highest BCUT2D eigenvalue weighted by Crippen LogP contribution is 2.31. The average molecular weight is 356 g/mol. The van der Waals surface area contributed by atoms with Gasteiger partial charge in [0.2, 0.25) is 5.91 Å². The van der Waals surface area contributed by atoms with Crippen molar-refractivity contribution in [3.63, 3.8) is 0 Å². The molecular formula is C14H22BrN5O. The van der Waals surface area contributed by atoms with Gasteiger partial charge in [0, 0.05) is 32.6 Å². The molecule has 0 saturated carbocycles. The van der Waals surface area contributed by atoms with Gasteiger partial charge in [0.1, 0.15) is 22.4 Å². The van der Waals surface area contributed by atoms with Gasteiger partial charge in [0.05, 0.1) is 0 Å². The number of aromatic nitrogens is 2. The lowest BCUT2D eigenvalue weighted by atomic mass is 10.1. The van der Waals surface area contributed by atoms with Gasteiger partial charge >= 0.3 is 0 Å². The van der Waals surface area contributed by atoms with Gasteiger partial charge in [-0.1, -0.05) is 6.92 Å². The van der Waals surface area contributed by atoms with Crippen LogP contribution in [0, 0.1) is 0 Å². The molecule has 2 N–H and O–H groups in total. The predicted octanol–water partition coefficient (Wildman–Crippen LogP) is 2.17. The zero-order valence-corrected chi connectivity index (χ0v) is 14.1. The molecule has 0 aromatic carbocycles. The standard InChI is InChI=1S/C14H22BrN5O/c1-3-6-16-13-12(15)14(18-9-17-13)20-7-4-11(5-8-20)19-10(2)21/h9,11H,3-8H2,1-2H3,(H,19,21)(H,16,17,18). The third-order valence-corrected chi connectivity index (χ3v) is 4.25. The van der Waals surface area contributed by atoms with E-state index in [0.29, 0.717) is 0 Å². The van der Waals surface area contributed by atoms with Crippen LogP contribution in [0.15, 0.2) is 10.8 Å². The molecule has 0 bridgehead atoms. The Kier molecular flexibility index (Phi) is 5.78. The van der Waals surface area contributed by atoms with Crippen LogP contribution in [0.1, 0.15) is 33.1 Å². The highest BCUT2D eigenvalue weighted by atomic mass is 79.9. The zero-order valence-electron chi connectivity index (χ0n) is 12.5. The van der Waals surface area contributed by atoms with Gasteiger partial charge in [-0.3, -0.25) is 4.79 Å². The summed E-state index contributed by atoms with van der Waals surface area (Å²) >= 11 is 3.60. The lowest BCUT2D eigenvalue weighted by Crippen LogP contribution is -2.44. The molecule has 1 amide bonds. The Hall–Kier alpha value is -1.37. The van der Waals surface area contributed by atoms with E-state index in [9.17, 15) is 4.79 Å².